The number of anilines is 1. The molecule has 0 fully saturated rings. The molecule has 0 spiro atoms. The van der Waals surface area contributed by atoms with Gasteiger partial charge in [0, 0.05) is 11.8 Å². The Labute approximate surface area is 128 Å². The molecule has 2 aromatic rings. The first-order chi connectivity index (χ1) is 10.8. The highest BCUT2D eigenvalue weighted by atomic mass is 19.4. The summed E-state index contributed by atoms with van der Waals surface area (Å²) in [5, 5.41) is 0. The van der Waals surface area contributed by atoms with Crippen LogP contribution in [0.5, 0.6) is 0 Å². The number of nitrogens with one attached hydrogen (secondary N) is 2. The molecule has 2 amide bonds. The van der Waals surface area contributed by atoms with Crippen LogP contribution in [0, 0.1) is 0 Å². The molecule has 0 aliphatic carbocycles. The van der Waals surface area contributed by atoms with Crippen LogP contribution in [-0.2, 0) is 6.18 Å². The summed E-state index contributed by atoms with van der Waals surface area (Å²) in [4.78, 5) is 27.3. The molecule has 0 unspecified atom stereocenters. The third-order valence-corrected chi connectivity index (χ3v) is 2.80. The van der Waals surface area contributed by atoms with Crippen LogP contribution in [0.1, 0.15) is 26.4 Å². The van der Waals surface area contributed by atoms with Crippen molar-refractivity contribution in [2.75, 3.05) is 5.73 Å². The number of rotatable bonds is 2. The second kappa shape index (κ2) is 6.34. The normalized spacial score (nSPS) is 10.9. The number of nitrogens with zero attached hydrogens (tertiary/aromatic N) is 1. The lowest BCUT2D eigenvalue weighted by molar-refractivity contribution is -0.137. The number of nitrogens with two attached hydrogens (primary N) is 1. The van der Waals surface area contributed by atoms with Gasteiger partial charge < -0.3 is 5.73 Å². The average Bonchev–Trinajstić information content (AvgIpc) is 2.52. The Balaban J connectivity index is 2.06. The van der Waals surface area contributed by atoms with Crippen LogP contribution in [0.4, 0.5) is 18.9 Å². The minimum absolute atomic E-state index is 0.0957. The van der Waals surface area contributed by atoms with Gasteiger partial charge in [0.1, 0.15) is 0 Å². The van der Waals surface area contributed by atoms with Crippen molar-refractivity contribution in [3.63, 3.8) is 0 Å². The molecule has 0 aliphatic heterocycles. The number of hydrogen-bond donors (Lipinski definition) is 3. The van der Waals surface area contributed by atoms with E-state index in [1.807, 2.05) is 10.9 Å². The Hall–Kier alpha value is -3.10. The standard InChI is InChI=1S/C14H11F3N4O2/c15-14(16,17)9-4-1-3-8(7-9)12(22)20-21-13(23)11-10(18)5-2-6-19-11/h1-7H,18H2,(H,20,22)(H,21,23). The number of amides is 2. The summed E-state index contributed by atoms with van der Waals surface area (Å²) < 4.78 is 37.8. The minimum atomic E-state index is -4.57. The largest absolute Gasteiger partial charge is 0.416 e. The van der Waals surface area contributed by atoms with Crippen LogP contribution in [0.15, 0.2) is 42.6 Å². The van der Waals surface area contributed by atoms with Crippen LogP contribution >= 0.6 is 0 Å². The van der Waals surface area contributed by atoms with Gasteiger partial charge in [-0.25, -0.2) is 4.98 Å². The predicted octanol–water partition coefficient (Wildman–Crippen LogP) is 1.76. The summed E-state index contributed by atoms with van der Waals surface area (Å²) in [6.45, 7) is 0. The number of nitrogen functional groups attached to an aromatic ring is 1. The van der Waals surface area contributed by atoms with E-state index in [0.717, 1.165) is 12.1 Å². The molecule has 0 saturated carbocycles. The van der Waals surface area contributed by atoms with Gasteiger partial charge in [0.05, 0.1) is 11.3 Å². The third kappa shape index (κ3) is 3.96. The number of hydrazine groups is 1. The van der Waals surface area contributed by atoms with Gasteiger partial charge >= 0.3 is 6.18 Å². The molecular weight excluding hydrogens is 313 g/mol. The van der Waals surface area contributed by atoms with Crippen molar-refractivity contribution < 1.29 is 22.8 Å². The summed E-state index contributed by atoms with van der Waals surface area (Å²) in [5.74, 6) is -1.69. The summed E-state index contributed by atoms with van der Waals surface area (Å²) in [6.07, 6.45) is -3.23. The van der Waals surface area contributed by atoms with E-state index >= 15 is 0 Å². The maximum atomic E-state index is 12.6. The Bertz CT molecular complexity index is 747. The number of benzene rings is 1. The molecule has 23 heavy (non-hydrogen) atoms. The molecular formula is C14H11F3N4O2. The maximum absolute atomic E-state index is 12.6. The smallest absolute Gasteiger partial charge is 0.397 e. The quantitative estimate of drug-likeness (QED) is 0.733. The highest BCUT2D eigenvalue weighted by Gasteiger charge is 2.30. The number of halogens is 3. The van der Waals surface area contributed by atoms with E-state index in [1.165, 1.54) is 24.4 Å². The van der Waals surface area contributed by atoms with Gasteiger partial charge in [0.15, 0.2) is 5.69 Å². The molecule has 1 aromatic heterocycles. The number of pyridine rings is 1. The first-order valence-electron chi connectivity index (χ1n) is 6.27. The van der Waals surface area contributed by atoms with E-state index in [2.05, 4.69) is 4.98 Å². The van der Waals surface area contributed by atoms with E-state index < -0.39 is 23.6 Å². The molecule has 0 bridgehead atoms. The first-order valence-corrected chi connectivity index (χ1v) is 6.27. The molecule has 0 aliphatic rings. The van der Waals surface area contributed by atoms with Gasteiger partial charge in [0.2, 0.25) is 0 Å². The summed E-state index contributed by atoms with van der Waals surface area (Å²) in [7, 11) is 0. The van der Waals surface area contributed by atoms with Crippen LogP contribution in [0.25, 0.3) is 0 Å². The second-order valence-corrected chi connectivity index (χ2v) is 4.43. The highest BCUT2D eigenvalue weighted by molar-refractivity contribution is 6.00. The molecule has 2 rings (SSSR count). The van der Waals surface area contributed by atoms with E-state index in [4.69, 9.17) is 5.73 Å². The summed E-state index contributed by atoms with van der Waals surface area (Å²) in [5.41, 5.74) is 8.34. The maximum Gasteiger partial charge on any atom is 0.416 e. The zero-order valence-electron chi connectivity index (χ0n) is 11.5. The zero-order chi connectivity index (χ0) is 17.0. The lowest BCUT2D eigenvalue weighted by Gasteiger charge is -2.10. The van der Waals surface area contributed by atoms with E-state index in [1.54, 1.807) is 0 Å². The van der Waals surface area contributed by atoms with Crippen LogP contribution in [0.3, 0.4) is 0 Å². The zero-order valence-corrected chi connectivity index (χ0v) is 11.5. The van der Waals surface area contributed by atoms with Crippen molar-refractivity contribution in [1.29, 1.82) is 0 Å². The Morgan fingerprint density at radius 1 is 1.04 bits per heavy atom. The van der Waals surface area contributed by atoms with Crippen molar-refractivity contribution >= 4 is 17.5 Å². The average molecular weight is 324 g/mol. The number of hydrogen-bond acceptors (Lipinski definition) is 4. The van der Waals surface area contributed by atoms with Crippen LogP contribution < -0.4 is 16.6 Å². The van der Waals surface area contributed by atoms with Crippen molar-refractivity contribution in [3.05, 3.63) is 59.4 Å². The van der Waals surface area contributed by atoms with Gasteiger partial charge in [-0.2, -0.15) is 13.2 Å². The van der Waals surface area contributed by atoms with Crippen molar-refractivity contribution in [3.8, 4) is 0 Å². The summed E-state index contributed by atoms with van der Waals surface area (Å²) >= 11 is 0. The summed E-state index contributed by atoms with van der Waals surface area (Å²) in [6, 6.07) is 6.76. The first kappa shape index (κ1) is 16.3. The van der Waals surface area contributed by atoms with Gasteiger partial charge in [-0.15, -0.1) is 0 Å². The van der Waals surface area contributed by atoms with Crippen LogP contribution in [-0.4, -0.2) is 16.8 Å². The number of carbonyl (C=O) groups is 2. The lowest BCUT2D eigenvalue weighted by Crippen LogP contribution is -2.42. The van der Waals surface area contributed by atoms with Crippen molar-refractivity contribution in [1.82, 2.24) is 15.8 Å². The second-order valence-electron chi connectivity index (χ2n) is 4.43. The predicted molar refractivity (Wildman–Crippen MR) is 75.0 cm³/mol. The topological polar surface area (TPSA) is 97.1 Å². The fourth-order valence-corrected chi connectivity index (χ4v) is 1.69. The third-order valence-electron chi connectivity index (χ3n) is 2.80. The lowest BCUT2D eigenvalue weighted by atomic mass is 10.1. The number of carbonyl (C=O) groups excluding carboxylic acids is 2. The minimum Gasteiger partial charge on any atom is -0.397 e. The molecule has 0 radical (unpaired) electrons. The molecule has 6 nitrogen and oxygen atoms in total. The fraction of sp³-hybridized carbons (Fsp3) is 0.0714. The molecule has 4 N–H and O–H groups in total. The fourth-order valence-electron chi connectivity index (χ4n) is 1.69. The van der Waals surface area contributed by atoms with Gasteiger partial charge in [-0.3, -0.25) is 20.4 Å². The Kier molecular flexibility index (Phi) is 4.49. The van der Waals surface area contributed by atoms with E-state index in [0.29, 0.717) is 6.07 Å². The van der Waals surface area contributed by atoms with Crippen molar-refractivity contribution in [2.24, 2.45) is 0 Å². The van der Waals surface area contributed by atoms with E-state index in [9.17, 15) is 22.8 Å². The van der Waals surface area contributed by atoms with Gasteiger partial charge in [-0.05, 0) is 30.3 Å². The van der Waals surface area contributed by atoms with E-state index in [-0.39, 0.29) is 16.9 Å². The van der Waals surface area contributed by atoms with Crippen LogP contribution in [0.2, 0.25) is 0 Å². The molecule has 0 saturated heterocycles. The molecule has 9 heteroatoms. The van der Waals surface area contributed by atoms with Gasteiger partial charge in [0.25, 0.3) is 11.8 Å². The monoisotopic (exact) mass is 324 g/mol. The Morgan fingerprint density at radius 2 is 1.74 bits per heavy atom. The SMILES string of the molecule is Nc1cccnc1C(=O)NNC(=O)c1cccc(C(F)(F)F)c1. The number of alkyl halides is 3. The number of aromatic nitrogens is 1. The van der Waals surface area contributed by atoms with Gasteiger partial charge in [-0.1, -0.05) is 6.07 Å². The molecule has 120 valence electrons. The molecule has 0 atom stereocenters. The molecule has 1 aromatic carbocycles. The Morgan fingerprint density at radius 3 is 2.39 bits per heavy atom. The highest BCUT2D eigenvalue weighted by Crippen LogP contribution is 2.29. The molecule has 1 heterocycles. The van der Waals surface area contributed by atoms with Crippen molar-refractivity contribution in [2.45, 2.75) is 6.18 Å².